The maximum atomic E-state index is 10.9. The molecule has 0 aliphatic rings. The molecule has 1 amide bonds. The van der Waals surface area contributed by atoms with Crippen LogP contribution < -0.4 is 5.32 Å². The van der Waals surface area contributed by atoms with Crippen molar-refractivity contribution in [1.29, 1.82) is 0 Å². The standard InChI is InChI=1S/C7H14BrNO2/c1-3-7(10)9-6(4-8)5-11-2/h6H,3-5H2,1-2H3,(H,9,10). The highest BCUT2D eigenvalue weighted by atomic mass is 79.9. The average molecular weight is 224 g/mol. The first-order chi connectivity index (χ1) is 5.24. The Balaban J connectivity index is 3.58. The van der Waals surface area contributed by atoms with Gasteiger partial charge in [-0.3, -0.25) is 4.79 Å². The second-order valence-corrected chi connectivity index (χ2v) is 2.88. The van der Waals surface area contributed by atoms with Crippen molar-refractivity contribution in [2.75, 3.05) is 19.0 Å². The maximum Gasteiger partial charge on any atom is 0.220 e. The summed E-state index contributed by atoms with van der Waals surface area (Å²) in [6, 6.07) is 0.0902. The number of ether oxygens (including phenoxy) is 1. The van der Waals surface area contributed by atoms with E-state index in [4.69, 9.17) is 4.74 Å². The van der Waals surface area contributed by atoms with Gasteiger partial charge in [-0.15, -0.1) is 0 Å². The molecule has 0 radical (unpaired) electrons. The summed E-state index contributed by atoms with van der Waals surface area (Å²) in [5.41, 5.74) is 0. The lowest BCUT2D eigenvalue weighted by molar-refractivity contribution is -0.121. The summed E-state index contributed by atoms with van der Waals surface area (Å²) in [6.45, 7) is 2.38. The van der Waals surface area contributed by atoms with Gasteiger partial charge in [0.25, 0.3) is 0 Å². The largest absolute Gasteiger partial charge is 0.383 e. The molecule has 0 bridgehead atoms. The van der Waals surface area contributed by atoms with Gasteiger partial charge in [-0.1, -0.05) is 22.9 Å². The third-order valence-electron chi connectivity index (χ3n) is 1.24. The molecule has 0 aromatic rings. The number of carbonyl (C=O) groups is 1. The van der Waals surface area contributed by atoms with Gasteiger partial charge in [0.2, 0.25) is 5.91 Å². The summed E-state index contributed by atoms with van der Waals surface area (Å²) in [4.78, 5) is 10.9. The smallest absolute Gasteiger partial charge is 0.220 e. The zero-order valence-corrected chi connectivity index (χ0v) is 8.48. The molecular formula is C7H14BrNO2. The molecule has 0 aromatic heterocycles. The lowest BCUT2D eigenvalue weighted by Crippen LogP contribution is -2.38. The van der Waals surface area contributed by atoms with E-state index in [-0.39, 0.29) is 11.9 Å². The highest BCUT2D eigenvalue weighted by molar-refractivity contribution is 9.09. The van der Waals surface area contributed by atoms with Gasteiger partial charge in [-0.2, -0.15) is 0 Å². The van der Waals surface area contributed by atoms with E-state index in [1.54, 1.807) is 7.11 Å². The van der Waals surface area contributed by atoms with Gasteiger partial charge in [0.1, 0.15) is 0 Å². The average Bonchev–Trinajstić information content (AvgIpc) is 2.03. The fraction of sp³-hybridized carbons (Fsp3) is 0.857. The molecule has 0 rings (SSSR count). The SMILES string of the molecule is CCC(=O)NC(CBr)COC. The molecule has 0 saturated heterocycles. The quantitative estimate of drug-likeness (QED) is 0.705. The van der Waals surface area contributed by atoms with Crippen molar-refractivity contribution >= 4 is 21.8 Å². The Morgan fingerprint density at radius 3 is 2.73 bits per heavy atom. The Hall–Kier alpha value is -0.0900. The van der Waals surface area contributed by atoms with Crippen molar-refractivity contribution in [3.63, 3.8) is 0 Å². The highest BCUT2D eigenvalue weighted by Crippen LogP contribution is 1.92. The Kier molecular flexibility index (Phi) is 6.56. The van der Waals surface area contributed by atoms with E-state index in [0.29, 0.717) is 13.0 Å². The molecule has 1 N–H and O–H groups in total. The van der Waals surface area contributed by atoms with Crippen LogP contribution >= 0.6 is 15.9 Å². The van der Waals surface area contributed by atoms with Crippen LogP contribution in [0.2, 0.25) is 0 Å². The van der Waals surface area contributed by atoms with Crippen molar-refractivity contribution in [3.8, 4) is 0 Å². The summed E-state index contributed by atoms with van der Waals surface area (Å²) in [5, 5.41) is 3.54. The van der Waals surface area contributed by atoms with E-state index in [0.717, 1.165) is 5.33 Å². The molecule has 66 valence electrons. The molecule has 0 spiro atoms. The second-order valence-electron chi connectivity index (χ2n) is 2.23. The maximum absolute atomic E-state index is 10.9. The summed E-state index contributed by atoms with van der Waals surface area (Å²) in [6.07, 6.45) is 0.521. The second kappa shape index (κ2) is 6.61. The molecule has 0 fully saturated rings. The van der Waals surface area contributed by atoms with Crippen LogP contribution in [0.4, 0.5) is 0 Å². The minimum absolute atomic E-state index is 0.0616. The van der Waals surface area contributed by atoms with E-state index in [1.165, 1.54) is 0 Å². The zero-order chi connectivity index (χ0) is 8.69. The van der Waals surface area contributed by atoms with Crippen molar-refractivity contribution in [2.24, 2.45) is 0 Å². The molecule has 1 atom stereocenters. The summed E-state index contributed by atoms with van der Waals surface area (Å²) in [5.74, 6) is 0.0616. The van der Waals surface area contributed by atoms with Gasteiger partial charge in [0.05, 0.1) is 12.6 Å². The number of rotatable bonds is 5. The zero-order valence-electron chi connectivity index (χ0n) is 6.89. The van der Waals surface area contributed by atoms with Crippen LogP contribution in [-0.4, -0.2) is 31.0 Å². The van der Waals surface area contributed by atoms with Crippen LogP contribution in [0.5, 0.6) is 0 Å². The molecule has 0 aliphatic heterocycles. The van der Waals surface area contributed by atoms with Crippen molar-refractivity contribution in [3.05, 3.63) is 0 Å². The molecule has 11 heavy (non-hydrogen) atoms. The van der Waals surface area contributed by atoms with Gasteiger partial charge in [-0.25, -0.2) is 0 Å². The van der Waals surface area contributed by atoms with Gasteiger partial charge in [0.15, 0.2) is 0 Å². The van der Waals surface area contributed by atoms with Crippen LogP contribution in [0.3, 0.4) is 0 Å². The van der Waals surface area contributed by atoms with E-state index in [1.807, 2.05) is 6.92 Å². The molecular weight excluding hydrogens is 210 g/mol. The van der Waals surface area contributed by atoms with Crippen LogP contribution in [0.25, 0.3) is 0 Å². The molecule has 3 nitrogen and oxygen atoms in total. The number of amides is 1. The van der Waals surface area contributed by atoms with Crippen molar-refractivity contribution in [1.82, 2.24) is 5.32 Å². The predicted octanol–water partition coefficient (Wildman–Crippen LogP) is 0.922. The first kappa shape index (κ1) is 10.9. The van der Waals surface area contributed by atoms with Crippen LogP contribution in [0, 0.1) is 0 Å². The van der Waals surface area contributed by atoms with Gasteiger partial charge in [-0.05, 0) is 0 Å². The summed E-state index contributed by atoms with van der Waals surface area (Å²) >= 11 is 3.28. The molecule has 0 saturated carbocycles. The van der Waals surface area contributed by atoms with E-state index in [2.05, 4.69) is 21.2 Å². The molecule has 0 aliphatic carbocycles. The van der Waals surface area contributed by atoms with Gasteiger partial charge >= 0.3 is 0 Å². The molecule has 0 aromatic carbocycles. The van der Waals surface area contributed by atoms with Gasteiger partial charge < -0.3 is 10.1 Å². The van der Waals surface area contributed by atoms with Gasteiger partial charge in [0, 0.05) is 18.9 Å². The minimum atomic E-state index is 0.0616. The number of hydrogen-bond acceptors (Lipinski definition) is 2. The fourth-order valence-electron chi connectivity index (χ4n) is 0.656. The minimum Gasteiger partial charge on any atom is -0.383 e. The number of methoxy groups -OCH3 is 1. The first-order valence-electron chi connectivity index (χ1n) is 3.58. The van der Waals surface area contributed by atoms with Crippen LogP contribution in [-0.2, 0) is 9.53 Å². The van der Waals surface area contributed by atoms with Crippen LogP contribution in [0.1, 0.15) is 13.3 Å². The third-order valence-corrected chi connectivity index (χ3v) is 2.02. The Bertz CT molecular complexity index is 119. The summed E-state index contributed by atoms with van der Waals surface area (Å²) < 4.78 is 4.90. The number of carbonyl (C=O) groups excluding carboxylic acids is 1. The monoisotopic (exact) mass is 223 g/mol. The number of hydrogen-bond donors (Lipinski definition) is 1. The number of nitrogens with one attached hydrogen (secondary N) is 1. The van der Waals surface area contributed by atoms with E-state index in [9.17, 15) is 4.79 Å². The van der Waals surface area contributed by atoms with Crippen molar-refractivity contribution in [2.45, 2.75) is 19.4 Å². The van der Waals surface area contributed by atoms with E-state index >= 15 is 0 Å². The lowest BCUT2D eigenvalue weighted by atomic mass is 10.3. The highest BCUT2D eigenvalue weighted by Gasteiger charge is 2.07. The first-order valence-corrected chi connectivity index (χ1v) is 4.71. The normalized spacial score (nSPS) is 12.6. The lowest BCUT2D eigenvalue weighted by Gasteiger charge is -2.13. The Labute approximate surface area is 75.6 Å². The third kappa shape index (κ3) is 5.21. The fourth-order valence-corrected chi connectivity index (χ4v) is 1.00. The number of halogens is 1. The van der Waals surface area contributed by atoms with Crippen LogP contribution in [0.15, 0.2) is 0 Å². The van der Waals surface area contributed by atoms with E-state index < -0.39 is 0 Å². The topological polar surface area (TPSA) is 38.3 Å². The molecule has 0 heterocycles. The Morgan fingerprint density at radius 1 is 1.73 bits per heavy atom. The molecule has 1 unspecified atom stereocenters. The summed E-state index contributed by atoms with van der Waals surface area (Å²) in [7, 11) is 1.62. The number of alkyl halides is 1. The van der Waals surface area contributed by atoms with Crippen molar-refractivity contribution < 1.29 is 9.53 Å². The predicted molar refractivity (Wildman–Crippen MR) is 47.9 cm³/mol. The Morgan fingerprint density at radius 2 is 2.36 bits per heavy atom. The molecule has 4 heteroatoms.